The van der Waals surface area contributed by atoms with Gasteiger partial charge in [-0.1, -0.05) is 0 Å². The van der Waals surface area contributed by atoms with Crippen LogP contribution in [0.25, 0.3) is 33.3 Å². The van der Waals surface area contributed by atoms with Gasteiger partial charge in [0.2, 0.25) is 5.43 Å². The molecule has 0 radical (unpaired) electrons. The Morgan fingerprint density at radius 3 is 2.58 bits per heavy atom. The van der Waals surface area contributed by atoms with Gasteiger partial charge in [-0.25, -0.2) is 23.2 Å². The Morgan fingerprint density at radius 1 is 1.16 bits per heavy atom. The lowest BCUT2D eigenvalue weighted by atomic mass is 9.97. The number of rotatable bonds is 6. The van der Waals surface area contributed by atoms with E-state index in [9.17, 15) is 19.1 Å². The van der Waals surface area contributed by atoms with E-state index in [2.05, 4.69) is 20.7 Å². The van der Waals surface area contributed by atoms with E-state index in [1.807, 2.05) is 0 Å². The number of carboxylic acids is 1. The molecule has 3 heterocycles. The first kappa shape index (κ1) is 23.8. The fourth-order valence-electron chi connectivity index (χ4n) is 5.13. The minimum absolute atomic E-state index is 0.121. The number of anilines is 2. The van der Waals surface area contributed by atoms with Crippen LogP contribution in [0.15, 0.2) is 35.5 Å². The summed E-state index contributed by atoms with van der Waals surface area (Å²) in [5, 5.41) is 12.7. The van der Waals surface area contributed by atoms with Crippen LogP contribution in [0.5, 0.6) is 0 Å². The maximum absolute atomic E-state index is 15.2. The Bertz CT molecular complexity index is 1730. The summed E-state index contributed by atoms with van der Waals surface area (Å²) >= 11 is 0. The molecule has 3 N–H and O–H groups in total. The molecule has 1 aromatic carbocycles. The summed E-state index contributed by atoms with van der Waals surface area (Å²) in [6, 6.07) is 2.91. The predicted molar refractivity (Wildman–Crippen MR) is 141 cm³/mol. The largest absolute Gasteiger partial charge is 0.477 e. The normalized spacial score (nSPS) is 13.8. The van der Waals surface area contributed by atoms with Gasteiger partial charge in [0, 0.05) is 86.2 Å². The fraction of sp³-hybridized carbons (Fsp3) is 0.259. The lowest BCUT2D eigenvalue weighted by Gasteiger charge is -2.22. The molecule has 6 rings (SSSR count). The van der Waals surface area contributed by atoms with Crippen LogP contribution in [-0.2, 0) is 6.42 Å². The third-order valence-electron chi connectivity index (χ3n) is 7.05. The summed E-state index contributed by atoms with van der Waals surface area (Å²) in [6.45, 7) is 0. The number of nitrogens with one attached hydrogen (secondary N) is 2. The number of carboxylic acid groups (broad SMARTS) is 1. The van der Waals surface area contributed by atoms with Crippen LogP contribution < -0.4 is 21.1 Å². The van der Waals surface area contributed by atoms with E-state index >= 15 is 4.39 Å². The monoisotopic (exact) mass is 518 g/mol. The van der Waals surface area contributed by atoms with E-state index in [-0.39, 0.29) is 22.6 Å². The van der Waals surface area contributed by atoms with Crippen LogP contribution in [-0.4, -0.2) is 52.9 Å². The molecule has 0 unspecified atom stereocenters. The van der Waals surface area contributed by atoms with Crippen LogP contribution in [0.3, 0.4) is 0 Å². The first-order chi connectivity index (χ1) is 18.2. The number of pyridine rings is 3. The Balaban J connectivity index is 1.61. The second-order valence-corrected chi connectivity index (χ2v) is 9.78. The van der Waals surface area contributed by atoms with Gasteiger partial charge in [-0.3, -0.25) is 9.78 Å². The van der Waals surface area contributed by atoms with Crippen molar-refractivity contribution in [3.05, 3.63) is 69.4 Å². The van der Waals surface area contributed by atoms with Gasteiger partial charge in [-0.15, -0.1) is 0 Å². The summed E-state index contributed by atoms with van der Waals surface area (Å²) in [4.78, 5) is 35.9. The van der Waals surface area contributed by atoms with Gasteiger partial charge in [0.15, 0.2) is 17.3 Å². The molecule has 4 aromatic rings. The molecule has 2 aliphatic carbocycles. The smallest absolute Gasteiger partial charge is 0.341 e. The molecular formula is C27H24F2N6O3. The van der Waals surface area contributed by atoms with Gasteiger partial charge >= 0.3 is 5.97 Å². The molecule has 0 aliphatic heterocycles. The molecule has 3 aromatic heterocycles. The molecule has 1 fully saturated rings. The number of benzene rings is 1. The Labute approximate surface area is 215 Å². The molecule has 0 bridgehead atoms. The van der Waals surface area contributed by atoms with E-state index in [1.165, 1.54) is 10.9 Å². The predicted octanol–water partition coefficient (Wildman–Crippen LogP) is 3.82. The van der Waals surface area contributed by atoms with E-state index in [0.717, 1.165) is 18.9 Å². The lowest BCUT2D eigenvalue weighted by molar-refractivity contribution is 0.0695. The third kappa shape index (κ3) is 3.57. The molecule has 194 valence electrons. The van der Waals surface area contributed by atoms with Gasteiger partial charge < -0.3 is 20.7 Å². The van der Waals surface area contributed by atoms with Crippen molar-refractivity contribution >= 4 is 28.4 Å². The highest BCUT2D eigenvalue weighted by atomic mass is 19.2. The standard InChI is InChI=1S/C27H24F2N6O3/c1-30-19-8-18(28)23(29)21-14(19)7-20-22(21)24(34(2)3)16(10-31-20)12-6-15-25(36)17(27(37)38)11-35(26(15)32-9-12)33-13-4-5-13/h6,8-11,13,30,33H,4-5,7H2,1-3H3,(H,37,38). The molecule has 38 heavy (non-hydrogen) atoms. The van der Waals surface area contributed by atoms with E-state index < -0.39 is 23.0 Å². The summed E-state index contributed by atoms with van der Waals surface area (Å²) in [7, 11) is 5.23. The highest BCUT2D eigenvalue weighted by molar-refractivity contribution is 5.98. The van der Waals surface area contributed by atoms with E-state index in [0.29, 0.717) is 51.4 Å². The van der Waals surface area contributed by atoms with Crippen molar-refractivity contribution in [2.24, 2.45) is 0 Å². The van der Waals surface area contributed by atoms with Crippen molar-refractivity contribution < 1.29 is 18.7 Å². The van der Waals surface area contributed by atoms with Crippen LogP contribution >= 0.6 is 0 Å². The number of fused-ring (bicyclic) bond motifs is 4. The van der Waals surface area contributed by atoms with Gasteiger partial charge in [0.05, 0.1) is 16.8 Å². The van der Waals surface area contributed by atoms with Crippen molar-refractivity contribution in [2.75, 3.05) is 36.8 Å². The van der Waals surface area contributed by atoms with Gasteiger partial charge in [0.1, 0.15) is 5.56 Å². The molecule has 0 saturated heterocycles. The molecule has 9 nitrogen and oxygen atoms in total. The van der Waals surface area contributed by atoms with E-state index in [1.54, 1.807) is 44.5 Å². The zero-order valence-electron chi connectivity index (χ0n) is 20.9. The van der Waals surface area contributed by atoms with Crippen LogP contribution in [0, 0.1) is 11.6 Å². The Morgan fingerprint density at radius 2 is 1.92 bits per heavy atom. The summed E-state index contributed by atoms with van der Waals surface area (Å²) in [5.74, 6) is -3.25. The van der Waals surface area contributed by atoms with Gasteiger partial charge in [0.25, 0.3) is 0 Å². The average molecular weight is 519 g/mol. The Kier molecular flexibility index (Phi) is 5.33. The highest BCUT2D eigenvalue weighted by Crippen LogP contribution is 2.49. The number of hydrogen-bond acceptors (Lipinski definition) is 7. The number of nitrogens with zero attached hydrogens (tertiary/aromatic N) is 4. The molecular weight excluding hydrogens is 494 g/mol. The number of hydrogen-bond donors (Lipinski definition) is 3. The number of carbonyl (C=O) groups is 1. The maximum atomic E-state index is 15.2. The number of aromatic nitrogens is 3. The number of aromatic carboxylic acids is 1. The highest BCUT2D eigenvalue weighted by Gasteiger charge is 2.33. The molecule has 11 heteroatoms. The molecule has 0 spiro atoms. The van der Waals surface area contributed by atoms with Crippen molar-refractivity contribution in [1.82, 2.24) is 14.6 Å². The van der Waals surface area contributed by atoms with Crippen molar-refractivity contribution in [1.29, 1.82) is 0 Å². The molecule has 2 aliphatic rings. The summed E-state index contributed by atoms with van der Waals surface area (Å²) in [6.07, 6.45) is 6.66. The van der Waals surface area contributed by atoms with E-state index in [4.69, 9.17) is 0 Å². The minimum Gasteiger partial charge on any atom is -0.477 e. The second kappa shape index (κ2) is 8.51. The van der Waals surface area contributed by atoms with Crippen molar-refractivity contribution in [2.45, 2.75) is 25.3 Å². The fourth-order valence-corrected chi connectivity index (χ4v) is 5.13. The molecule has 1 saturated carbocycles. The van der Waals surface area contributed by atoms with Gasteiger partial charge in [-0.05, 0) is 24.5 Å². The second-order valence-electron chi connectivity index (χ2n) is 9.78. The van der Waals surface area contributed by atoms with Crippen LogP contribution in [0.2, 0.25) is 0 Å². The molecule has 0 atom stereocenters. The molecule has 0 amide bonds. The summed E-state index contributed by atoms with van der Waals surface area (Å²) < 4.78 is 31.3. The quantitative estimate of drug-likeness (QED) is 0.311. The first-order valence-corrected chi connectivity index (χ1v) is 12.1. The average Bonchev–Trinajstić information content (AvgIpc) is 3.63. The van der Waals surface area contributed by atoms with Crippen LogP contribution in [0.1, 0.15) is 34.5 Å². The Hall–Kier alpha value is -4.54. The van der Waals surface area contributed by atoms with Crippen LogP contribution in [0.4, 0.5) is 20.2 Å². The zero-order chi connectivity index (χ0) is 26.9. The maximum Gasteiger partial charge on any atom is 0.341 e. The van der Waals surface area contributed by atoms with Crippen molar-refractivity contribution in [3.8, 4) is 22.3 Å². The van der Waals surface area contributed by atoms with Crippen molar-refractivity contribution in [3.63, 3.8) is 0 Å². The SMILES string of the molecule is CNc1cc(F)c(F)c2c1Cc1ncc(-c3cnc4c(c3)c(=O)c(C(=O)O)cn4NC3CC3)c(N(C)C)c1-2. The third-order valence-corrected chi connectivity index (χ3v) is 7.05. The first-order valence-electron chi connectivity index (χ1n) is 12.1. The zero-order valence-corrected chi connectivity index (χ0v) is 20.9. The van der Waals surface area contributed by atoms with Gasteiger partial charge in [-0.2, -0.15) is 0 Å². The topological polar surface area (TPSA) is 112 Å². The summed E-state index contributed by atoms with van der Waals surface area (Å²) in [5.41, 5.74) is 6.41. The lowest BCUT2D eigenvalue weighted by Crippen LogP contribution is -2.25. The minimum atomic E-state index is -1.34. The number of halogens is 2.